The number of amides is 1. The molecule has 5 nitrogen and oxygen atoms in total. The SMILES string of the molecule is Cc1cc(C)n(-c2ccc(C(=O)NCc3cccs3)cc2)c(=O)c1C#N. The summed E-state index contributed by atoms with van der Waals surface area (Å²) in [5, 5.41) is 14.0. The molecule has 0 spiro atoms. The van der Waals surface area contributed by atoms with Gasteiger partial charge in [0.1, 0.15) is 11.6 Å². The molecule has 2 heterocycles. The third kappa shape index (κ3) is 3.44. The first kappa shape index (κ1) is 17.6. The summed E-state index contributed by atoms with van der Waals surface area (Å²) >= 11 is 1.59. The Balaban J connectivity index is 1.85. The van der Waals surface area contributed by atoms with Crippen molar-refractivity contribution in [1.29, 1.82) is 5.26 Å². The molecule has 26 heavy (non-hydrogen) atoms. The van der Waals surface area contributed by atoms with Gasteiger partial charge in [-0.15, -0.1) is 11.3 Å². The van der Waals surface area contributed by atoms with Crippen molar-refractivity contribution in [2.45, 2.75) is 20.4 Å². The van der Waals surface area contributed by atoms with Gasteiger partial charge in [-0.1, -0.05) is 6.07 Å². The molecule has 1 N–H and O–H groups in total. The highest BCUT2D eigenvalue weighted by molar-refractivity contribution is 7.09. The second-order valence-electron chi connectivity index (χ2n) is 5.91. The lowest BCUT2D eigenvalue weighted by Crippen LogP contribution is -2.25. The number of rotatable bonds is 4. The van der Waals surface area contributed by atoms with Crippen molar-refractivity contribution < 1.29 is 4.79 Å². The molecule has 0 radical (unpaired) electrons. The topological polar surface area (TPSA) is 74.9 Å². The maximum atomic E-state index is 12.6. The molecular formula is C20H17N3O2S. The lowest BCUT2D eigenvalue weighted by Gasteiger charge is -2.12. The number of pyridine rings is 1. The van der Waals surface area contributed by atoms with E-state index in [0.29, 0.717) is 23.4 Å². The molecule has 0 fully saturated rings. The van der Waals surface area contributed by atoms with Crippen molar-refractivity contribution in [2.75, 3.05) is 0 Å². The predicted octanol–water partition coefficient (Wildman–Crippen LogP) is 3.32. The first-order valence-electron chi connectivity index (χ1n) is 8.05. The van der Waals surface area contributed by atoms with Gasteiger partial charge >= 0.3 is 0 Å². The van der Waals surface area contributed by atoms with Crippen LogP contribution in [-0.2, 0) is 6.54 Å². The molecule has 1 amide bonds. The van der Waals surface area contributed by atoms with Gasteiger partial charge in [0.2, 0.25) is 0 Å². The molecule has 0 saturated heterocycles. The molecule has 0 aliphatic rings. The number of nitrogens with zero attached hydrogens (tertiary/aromatic N) is 2. The van der Waals surface area contributed by atoms with Crippen molar-refractivity contribution in [3.8, 4) is 11.8 Å². The summed E-state index contributed by atoms with van der Waals surface area (Å²) in [6.45, 7) is 4.05. The van der Waals surface area contributed by atoms with E-state index in [1.807, 2.05) is 36.6 Å². The minimum Gasteiger partial charge on any atom is -0.347 e. The number of aryl methyl sites for hydroxylation is 2. The highest BCUT2D eigenvalue weighted by atomic mass is 32.1. The van der Waals surface area contributed by atoms with Crippen molar-refractivity contribution >= 4 is 17.2 Å². The lowest BCUT2D eigenvalue weighted by atomic mass is 10.1. The largest absolute Gasteiger partial charge is 0.347 e. The third-order valence-corrected chi connectivity index (χ3v) is 4.97. The van der Waals surface area contributed by atoms with E-state index >= 15 is 0 Å². The van der Waals surface area contributed by atoms with Gasteiger partial charge < -0.3 is 5.32 Å². The standard InChI is InChI=1S/C20H17N3O2S/c1-13-10-14(2)23(20(25)18(13)11-21)16-7-5-15(6-8-16)19(24)22-12-17-4-3-9-26-17/h3-10H,12H2,1-2H3,(H,22,24). The molecule has 0 saturated carbocycles. The summed E-state index contributed by atoms with van der Waals surface area (Å²) < 4.78 is 1.49. The van der Waals surface area contributed by atoms with Crippen LogP contribution in [0.5, 0.6) is 0 Å². The Morgan fingerprint density at radius 3 is 2.58 bits per heavy atom. The molecule has 2 aromatic heterocycles. The summed E-state index contributed by atoms with van der Waals surface area (Å²) in [6, 6.07) is 14.5. The van der Waals surface area contributed by atoms with E-state index in [2.05, 4.69) is 5.32 Å². The van der Waals surface area contributed by atoms with Crippen molar-refractivity contribution in [2.24, 2.45) is 0 Å². The molecule has 3 aromatic rings. The smallest absolute Gasteiger partial charge is 0.273 e. The van der Waals surface area contributed by atoms with Crippen molar-refractivity contribution in [3.05, 3.63) is 85.5 Å². The van der Waals surface area contributed by atoms with E-state index < -0.39 is 0 Å². The third-order valence-electron chi connectivity index (χ3n) is 4.09. The Hall–Kier alpha value is -3.17. The molecule has 130 valence electrons. The maximum Gasteiger partial charge on any atom is 0.273 e. The number of carbonyl (C=O) groups is 1. The Labute approximate surface area is 155 Å². The fourth-order valence-corrected chi connectivity index (χ4v) is 3.44. The molecule has 1 aromatic carbocycles. The number of nitrogens with one attached hydrogen (secondary N) is 1. The van der Waals surface area contributed by atoms with Crippen LogP contribution in [-0.4, -0.2) is 10.5 Å². The molecular weight excluding hydrogens is 346 g/mol. The zero-order chi connectivity index (χ0) is 18.7. The van der Waals surface area contributed by atoms with Gasteiger partial charge in [0.15, 0.2) is 0 Å². The lowest BCUT2D eigenvalue weighted by molar-refractivity contribution is 0.0951. The maximum absolute atomic E-state index is 12.6. The van der Waals surface area contributed by atoms with Gasteiger partial charge in [0, 0.05) is 21.8 Å². The predicted molar refractivity (Wildman–Crippen MR) is 102 cm³/mol. The Morgan fingerprint density at radius 1 is 1.23 bits per heavy atom. The van der Waals surface area contributed by atoms with Crippen LogP contribution in [0.3, 0.4) is 0 Å². The van der Waals surface area contributed by atoms with E-state index in [-0.39, 0.29) is 17.0 Å². The van der Waals surface area contributed by atoms with Crippen LogP contribution in [0, 0.1) is 25.2 Å². The van der Waals surface area contributed by atoms with E-state index in [0.717, 1.165) is 10.6 Å². The van der Waals surface area contributed by atoms with Crippen LogP contribution in [0.2, 0.25) is 0 Å². The first-order valence-corrected chi connectivity index (χ1v) is 8.93. The fourth-order valence-electron chi connectivity index (χ4n) is 2.79. The number of thiophene rings is 1. The molecule has 0 aliphatic heterocycles. The van der Waals surface area contributed by atoms with E-state index in [1.54, 1.807) is 42.5 Å². The van der Waals surface area contributed by atoms with Crippen LogP contribution in [0.25, 0.3) is 5.69 Å². The van der Waals surface area contributed by atoms with Gasteiger partial charge in [-0.05, 0) is 61.2 Å². The van der Waals surface area contributed by atoms with E-state index in [1.165, 1.54) is 4.57 Å². The van der Waals surface area contributed by atoms with Gasteiger partial charge in [-0.2, -0.15) is 5.26 Å². The Morgan fingerprint density at radius 2 is 1.96 bits per heavy atom. The normalized spacial score (nSPS) is 10.3. The number of aromatic nitrogens is 1. The van der Waals surface area contributed by atoms with E-state index in [9.17, 15) is 14.9 Å². The van der Waals surface area contributed by atoms with Gasteiger partial charge in [0.05, 0.1) is 6.54 Å². The summed E-state index contributed by atoms with van der Waals surface area (Å²) in [5.74, 6) is -0.171. The summed E-state index contributed by atoms with van der Waals surface area (Å²) in [6.07, 6.45) is 0. The fraction of sp³-hybridized carbons (Fsp3) is 0.150. The number of carbonyl (C=O) groups excluding carboxylic acids is 1. The van der Waals surface area contributed by atoms with Crippen molar-refractivity contribution in [3.63, 3.8) is 0 Å². The molecule has 0 aliphatic carbocycles. The molecule has 6 heteroatoms. The monoisotopic (exact) mass is 363 g/mol. The second kappa shape index (κ2) is 7.38. The van der Waals surface area contributed by atoms with Crippen LogP contribution in [0.4, 0.5) is 0 Å². The Kier molecular flexibility index (Phi) is 5.01. The highest BCUT2D eigenvalue weighted by Gasteiger charge is 2.12. The summed E-state index contributed by atoms with van der Waals surface area (Å²) in [4.78, 5) is 25.9. The minimum atomic E-state index is -0.347. The minimum absolute atomic E-state index is 0.133. The van der Waals surface area contributed by atoms with Gasteiger partial charge in [-0.3, -0.25) is 14.2 Å². The summed E-state index contributed by atoms with van der Waals surface area (Å²) in [7, 11) is 0. The average molecular weight is 363 g/mol. The zero-order valence-electron chi connectivity index (χ0n) is 14.4. The quantitative estimate of drug-likeness (QED) is 0.773. The van der Waals surface area contributed by atoms with Crippen LogP contribution in [0.15, 0.2) is 52.6 Å². The van der Waals surface area contributed by atoms with Gasteiger partial charge in [-0.25, -0.2) is 0 Å². The van der Waals surface area contributed by atoms with Crippen molar-refractivity contribution in [1.82, 2.24) is 9.88 Å². The molecule has 0 bridgehead atoms. The van der Waals surface area contributed by atoms with Crippen LogP contribution >= 0.6 is 11.3 Å². The number of hydrogen-bond donors (Lipinski definition) is 1. The van der Waals surface area contributed by atoms with Gasteiger partial charge in [0.25, 0.3) is 11.5 Å². The number of benzene rings is 1. The number of hydrogen-bond acceptors (Lipinski definition) is 4. The van der Waals surface area contributed by atoms with E-state index in [4.69, 9.17) is 0 Å². The zero-order valence-corrected chi connectivity index (χ0v) is 15.3. The average Bonchev–Trinajstić information content (AvgIpc) is 3.14. The molecule has 0 unspecified atom stereocenters. The Bertz CT molecular complexity index is 1040. The number of nitriles is 1. The van der Waals surface area contributed by atoms with Crippen LogP contribution in [0.1, 0.15) is 32.1 Å². The second-order valence-corrected chi connectivity index (χ2v) is 6.94. The first-order chi connectivity index (χ1) is 12.5. The highest BCUT2D eigenvalue weighted by Crippen LogP contribution is 2.14. The summed E-state index contributed by atoms with van der Waals surface area (Å²) in [5.41, 5.74) is 2.33. The molecule has 0 atom stereocenters. The van der Waals surface area contributed by atoms with Crippen LogP contribution < -0.4 is 10.9 Å². The molecule has 3 rings (SSSR count).